The molecule has 1 saturated heterocycles. The highest BCUT2D eigenvalue weighted by atomic mass is 32.2. The maximum absolute atomic E-state index is 13.0. The maximum atomic E-state index is 13.0. The fourth-order valence-corrected chi connectivity index (χ4v) is 6.28. The monoisotopic (exact) mass is 432 g/mol. The Morgan fingerprint density at radius 2 is 1.83 bits per heavy atom. The van der Waals surface area contributed by atoms with Crippen molar-refractivity contribution in [2.75, 3.05) is 33.7 Å². The molecule has 1 amide bonds. The Bertz CT molecular complexity index is 893. The number of hydrogen-bond donors (Lipinski definition) is 1. The van der Waals surface area contributed by atoms with Crippen LogP contribution in [-0.2, 0) is 14.8 Å². The van der Waals surface area contributed by atoms with E-state index in [9.17, 15) is 18.5 Å². The molecular weight excluding hydrogens is 400 g/mol. The zero-order valence-corrected chi connectivity index (χ0v) is 18.7. The van der Waals surface area contributed by atoms with Crippen LogP contribution in [0.3, 0.4) is 0 Å². The van der Waals surface area contributed by atoms with Crippen molar-refractivity contribution < 1.29 is 13.2 Å². The number of nitrogens with one attached hydrogen (secondary N) is 1. The van der Waals surface area contributed by atoms with Crippen molar-refractivity contribution in [3.63, 3.8) is 0 Å². The summed E-state index contributed by atoms with van der Waals surface area (Å²) in [6.45, 7) is 1.23. The van der Waals surface area contributed by atoms with Crippen LogP contribution in [0.1, 0.15) is 50.5 Å². The second-order valence-electron chi connectivity index (χ2n) is 8.68. The molecule has 0 atom stereocenters. The van der Waals surface area contributed by atoms with Gasteiger partial charge in [0.25, 0.3) is 0 Å². The molecule has 0 spiro atoms. The van der Waals surface area contributed by atoms with Crippen LogP contribution < -0.4 is 5.32 Å². The summed E-state index contributed by atoms with van der Waals surface area (Å²) >= 11 is 0. The normalized spacial score (nSPS) is 20.6. The first-order chi connectivity index (χ1) is 14.3. The molecule has 0 bridgehead atoms. The van der Waals surface area contributed by atoms with Crippen molar-refractivity contribution in [2.45, 2.75) is 55.4 Å². The van der Waals surface area contributed by atoms with Crippen LogP contribution >= 0.6 is 0 Å². The lowest BCUT2D eigenvalue weighted by atomic mass is 9.80. The predicted molar refractivity (Wildman–Crippen MR) is 115 cm³/mol. The number of carbonyl (C=O) groups excluding carboxylic acids is 1. The molecular formula is C22H32N4O3S. The summed E-state index contributed by atoms with van der Waals surface area (Å²) in [6, 6.07) is 8.22. The zero-order valence-electron chi connectivity index (χ0n) is 17.9. The number of likely N-dealkylation sites (N-methyl/N-ethyl adjacent to an activating group) is 1. The largest absolute Gasteiger partial charge is 0.354 e. The van der Waals surface area contributed by atoms with Gasteiger partial charge in [-0.1, -0.05) is 31.4 Å². The lowest BCUT2D eigenvalue weighted by molar-refractivity contribution is -0.126. The van der Waals surface area contributed by atoms with E-state index in [1.807, 2.05) is 6.07 Å². The van der Waals surface area contributed by atoms with Crippen LogP contribution in [0.4, 0.5) is 0 Å². The first-order valence-corrected chi connectivity index (χ1v) is 12.2. The van der Waals surface area contributed by atoms with E-state index in [2.05, 4.69) is 24.3 Å². The highest BCUT2D eigenvalue weighted by molar-refractivity contribution is 7.89. The van der Waals surface area contributed by atoms with Gasteiger partial charge in [-0.3, -0.25) is 4.79 Å². The summed E-state index contributed by atoms with van der Waals surface area (Å²) in [5, 5.41) is 12.4. The molecule has 7 nitrogen and oxygen atoms in total. The fraction of sp³-hybridized carbons (Fsp3) is 0.636. The van der Waals surface area contributed by atoms with Gasteiger partial charge in [-0.15, -0.1) is 0 Å². The third-order valence-electron chi connectivity index (χ3n) is 6.77. The number of carbonyl (C=O) groups is 1. The van der Waals surface area contributed by atoms with Crippen LogP contribution in [0, 0.1) is 17.2 Å². The molecule has 3 rings (SSSR count). The van der Waals surface area contributed by atoms with Gasteiger partial charge < -0.3 is 10.2 Å². The molecule has 1 aliphatic carbocycles. The zero-order chi connectivity index (χ0) is 21.8. The molecule has 0 radical (unpaired) electrons. The average molecular weight is 433 g/mol. The Kier molecular flexibility index (Phi) is 7.17. The molecule has 1 N–H and O–H groups in total. The van der Waals surface area contributed by atoms with Crippen LogP contribution in [0.2, 0.25) is 0 Å². The van der Waals surface area contributed by atoms with Crippen LogP contribution in [0.15, 0.2) is 29.2 Å². The molecule has 1 aromatic carbocycles. The van der Waals surface area contributed by atoms with Gasteiger partial charge in [0.15, 0.2) is 0 Å². The van der Waals surface area contributed by atoms with Crippen molar-refractivity contribution in [1.82, 2.24) is 14.5 Å². The summed E-state index contributed by atoms with van der Waals surface area (Å²) in [7, 11) is 0.435. The topological polar surface area (TPSA) is 93.5 Å². The number of nitrogens with zero attached hydrogens (tertiary/aromatic N) is 3. The molecule has 164 valence electrons. The number of sulfonamides is 1. The quantitative estimate of drug-likeness (QED) is 0.745. The van der Waals surface area contributed by atoms with E-state index in [1.54, 1.807) is 12.1 Å². The Hall–Kier alpha value is -1.95. The van der Waals surface area contributed by atoms with Crippen LogP contribution in [0.25, 0.3) is 0 Å². The summed E-state index contributed by atoms with van der Waals surface area (Å²) in [6.07, 6.45) is 6.81. The molecule has 2 aliphatic rings. The van der Waals surface area contributed by atoms with Crippen molar-refractivity contribution in [2.24, 2.45) is 5.92 Å². The van der Waals surface area contributed by atoms with Gasteiger partial charge in [0.1, 0.15) is 6.07 Å². The van der Waals surface area contributed by atoms with Gasteiger partial charge in [-0.25, -0.2) is 8.42 Å². The van der Waals surface area contributed by atoms with Crippen molar-refractivity contribution in [3.8, 4) is 6.07 Å². The van der Waals surface area contributed by atoms with E-state index in [-0.39, 0.29) is 27.8 Å². The molecule has 1 heterocycles. The number of piperidine rings is 1. The number of benzene rings is 1. The Balaban J connectivity index is 1.58. The minimum atomic E-state index is -3.73. The molecule has 1 saturated carbocycles. The van der Waals surface area contributed by atoms with Gasteiger partial charge >= 0.3 is 0 Å². The fourth-order valence-electron chi connectivity index (χ4n) is 4.67. The van der Waals surface area contributed by atoms with Gasteiger partial charge in [-0.2, -0.15) is 9.57 Å². The average Bonchev–Trinajstić information content (AvgIpc) is 2.78. The molecule has 0 aromatic heterocycles. The van der Waals surface area contributed by atoms with E-state index in [0.29, 0.717) is 32.5 Å². The third-order valence-corrected chi connectivity index (χ3v) is 8.73. The molecule has 2 fully saturated rings. The summed E-state index contributed by atoms with van der Waals surface area (Å²) < 4.78 is 27.3. The Morgan fingerprint density at radius 1 is 1.20 bits per heavy atom. The second-order valence-corrected chi connectivity index (χ2v) is 10.6. The number of nitriles is 1. The minimum Gasteiger partial charge on any atom is -0.354 e. The molecule has 8 heteroatoms. The van der Waals surface area contributed by atoms with Crippen molar-refractivity contribution in [3.05, 3.63) is 29.8 Å². The summed E-state index contributed by atoms with van der Waals surface area (Å²) in [4.78, 5) is 15.1. The molecule has 0 unspecified atom stereocenters. The lowest BCUT2D eigenvalue weighted by Gasteiger charge is -2.43. The van der Waals surface area contributed by atoms with Gasteiger partial charge in [0.2, 0.25) is 15.9 Å². The number of amides is 1. The Morgan fingerprint density at radius 3 is 2.43 bits per heavy atom. The predicted octanol–water partition coefficient (Wildman–Crippen LogP) is 2.34. The summed E-state index contributed by atoms with van der Waals surface area (Å²) in [5.74, 6) is -0.151. The lowest BCUT2D eigenvalue weighted by Crippen LogP contribution is -2.55. The summed E-state index contributed by atoms with van der Waals surface area (Å²) in [5.41, 5.74) is 0.178. The SMILES string of the molecule is CN(C)C1(CNC(=O)C2CCN(S(=O)(=O)c3ccccc3C#N)CC2)CCCCC1. The molecule has 1 aliphatic heterocycles. The number of rotatable bonds is 6. The molecule has 30 heavy (non-hydrogen) atoms. The highest BCUT2D eigenvalue weighted by Gasteiger charge is 2.37. The van der Waals surface area contributed by atoms with E-state index < -0.39 is 10.0 Å². The maximum Gasteiger partial charge on any atom is 0.244 e. The molecule has 1 aromatic rings. The van der Waals surface area contributed by atoms with Crippen molar-refractivity contribution >= 4 is 15.9 Å². The van der Waals surface area contributed by atoms with E-state index in [1.165, 1.54) is 35.7 Å². The van der Waals surface area contributed by atoms with E-state index >= 15 is 0 Å². The van der Waals surface area contributed by atoms with E-state index in [4.69, 9.17) is 0 Å². The highest BCUT2D eigenvalue weighted by Crippen LogP contribution is 2.32. The second kappa shape index (κ2) is 9.46. The van der Waals surface area contributed by atoms with Gasteiger partial charge in [0.05, 0.1) is 10.5 Å². The standard InChI is InChI=1S/C22H32N4O3S/c1-25(2)22(12-6-3-7-13-22)17-24-21(27)18-10-14-26(15-11-18)30(28,29)20-9-5-4-8-19(20)16-23/h4-5,8-9,18H,3,6-7,10-15,17H2,1-2H3,(H,24,27). The first-order valence-electron chi connectivity index (χ1n) is 10.7. The van der Waals surface area contributed by atoms with Crippen LogP contribution in [0.5, 0.6) is 0 Å². The third kappa shape index (κ3) is 4.69. The first kappa shape index (κ1) is 22.7. The van der Waals surface area contributed by atoms with E-state index in [0.717, 1.165) is 12.8 Å². The van der Waals surface area contributed by atoms with Crippen LogP contribution in [-0.4, -0.2) is 62.8 Å². The van der Waals surface area contributed by atoms with Crippen molar-refractivity contribution in [1.29, 1.82) is 5.26 Å². The minimum absolute atomic E-state index is 0.0243. The van der Waals surface area contributed by atoms with Gasteiger partial charge in [-0.05, 0) is 51.9 Å². The Labute approximate surface area is 180 Å². The number of hydrogen-bond acceptors (Lipinski definition) is 5. The smallest absolute Gasteiger partial charge is 0.244 e. The van der Waals surface area contributed by atoms with Gasteiger partial charge in [0, 0.05) is 31.1 Å².